The summed E-state index contributed by atoms with van der Waals surface area (Å²) >= 11 is 1.63. The average Bonchev–Trinajstić information content (AvgIpc) is 2.93. The van der Waals surface area contributed by atoms with E-state index in [0.29, 0.717) is 12.2 Å². The molecule has 0 aromatic carbocycles. The molecule has 2 aromatic heterocycles. The Balaban J connectivity index is 2.00. The molecule has 1 aliphatic carbocycles. The number of methoxy groups -OCH3 is 1. The Morgan fingerprint density at radius 2 is 2.04 bits per heavy atom. The lowest BCUT2D eigenvalue weighted by atomic mass is 9.88. The van der Waals surface area contributed by atoms with E-state index in [1.807, 2.05) is 51.1 Å². The molecule has 2 aromatic rings. The molecule has 0 saturated heterocycles. The summed E-state index contributed by atoms with van der Waals surface area (Å²) < 4.78 is 5.45. The van der Waals surface area contributed by atoms with E-state index in [4.69, 9.17) is 15.5 Å². The predicted octanol–water partition coefficient (Wildman–Crippen LogP) is 2.75. The van der Waals surface area contributed by atoms with Crippen molar-refractivity contribution in [3.63, 3.8) is 0 Å². The fourth-order valence-corrected chi connectivity index (χ4v) is 3.83. The van der Waals surface area contributed by atoms with E-state index in [2.05, 4.69) is 9.97 Å². The lowest BCUT2D eigenvalue weighted by molar-refractivity contribution is 0.270. The number of thiazole rings is 1. The monoisotopic (exact) mass is 357 g/mol. The van der Waals surface area contributed by atoms with Gasteiger partial charge in [0.2, 0.25) is 0 Å². The van der Waals surface area contributed by atoms with Crippen molar-refractivity contribution in [2.24, 2.45) is 5.73 Å². The minimum Gasteiger partial charge on any atom is -0.495 e. The second-order valence-corrected chi connectivity index (χ2v) is 7.58. The highest BCUT2D eigenvalue weighted by molar-refractivity contribution is 7.15. The number of hydrogen-bond acceptors (Lipinski definition) is 7. The number of ether oxygens (including phenoxy) is 1. The zero-order valence-corrected chi connectivity index (χ0v) is 16.0. The number of hydrogen-bond donors (Lipinski definition) is 1. The summed E-state index contributed by atoms with van der Waals surface area (Å²) in [5.74, 6) is 1.41. The van der Waals surface area contributed by atoms with Crippen molar-refractivity contribution in [3.8, 4) is 10.6 Å². The number of aromatic nitrogens is 3. The van der Waals surface area contributed by atoms with Gasteiger partial charge in [0.05, 0.1) is 34.1 Å². The van der Waals surface area contributed by atoms with Crippen LogP contribution in [-0.2, 0) is 10.3 Å². The SMILES string of the molecule is COC1=C(N(C)C)CC(N)(c2nccc(-c3sc(C)nc3C)n2)C=C1. The van der Waals surface area contributed by atoms with E-state index in [-0.39, 0.29) is 0 Å². The van der Waals surface area contributed by atoms with Gasteiger partial charge in [0.15, 0.2) is 5.82 Å². The lowest BCUT2D eigenvalue weighted by Crippen LogP contribution is -2.40. The van der Waals surface area contributed by atoms with Crippen LogP contribution in [0.15, 0.2) is 35.9 Å². The van der Waals surface area contributed by atoms with Crippen LogP contribution in [0.4, 0.5) is 0 Å². The van der Waals surface area contributed by atoms with Crippen molar-refractivity contribution >= 4 is 11.3 Å². The number of rotatable bonds is 4. The maximum absolute atomic E-state index is 6.68. The number of nitrogens with zero attached hydrogens (tertiary/aromatic N) is 4. The van der Waals surface area contributed by atoms with Crippen LogP contribution >= 0.6 is 11.3 Å². The van der Waals surface area contributed by atoms with Gasteiger partial charge in [-0.05, 0) is 26.0 Å². The molecule has 0 aliphatic heterocycles. The zero-order valence-electron chi connectivity index (χ0n) is 15.2. The molecule has 3 rings (SSSR count). The molecule has 0 spiro atoms. The molecule has 0 radical (unpaired) electrons. The topological polar surface area (TPSA) is 77.2 Å². The quantitative estimate of drug-likeness (QED) is 0.907. The highest BCUT2D eigenvalue weighted by Crippen LogP contribution is 2.34. The molecule has 0 fully saturated rings. The van der Waals surface area contributed by atoms with Gasteiger partial charge in [-0.3, -0.25) is 0 Å². The van der Waals surface area contributed by atoms with Gasteiger partial charge < -0.3 is 15.4 Å². The Morgan fingerprint density at radius 1 is 1.28 bits per heavy atom. The Kier molecular flexibility index (Phi) is 4.62. The first kappa shape index (κ1) is 17.6. The Labute approximate surface area is 152 Å². The second-order valence-electron chi connectivity index (χ2n) is 6.37. The molecular weight excluding hydrogens is 334 g/mol. The molecule has 7 heteroatoms. The Hall–Kier alpha value is -2.25. The van der Waals surface area contributed by atoms with E-state index in [1.54, 1.807) is 24.6 Å². The van der Waals surface area contributed by atoms with Crippen molar-refractivity contribution in [3.05, 3.63) is 52.4 Å². The first-order chi connectivity index (χ1) is 11.8. The molecule has 2 N–H and O–H groups in total. The minimum absolute atomic E-state index is 0.573. The van der Waals surface area contributed by atoms with Crippen molar-refractivity contribution in [2.45, 2.75) is 25.8 Å². The van der Waals surface area contributed by atoms with Crippen LogP contribution in [0, 0.1) is 13.8 Å². The Bertz CT molecular complexity index is 855. The van der Waals surface area contributed by atoms with Crippen LogP contribution in [0.2, 0.25) is 0 Å². The van der Waals surface area contributed by atoms with E-state index in [9.17, 15) is 0 Å². The smallest absolute Gasteiger partial charge is 0.153 e. The fourth-order valence-electron chi connectivity index (χ4n) is 2.94. The number of aryl methyl sites for hydroxylation is 2. The van der Waals surface area contributed by atoms with Gasteiger partial charge in [0, 0.05) is 26.7 Å². The van der Waals surface area contributed by atoms with Crippen LogP contribution in [0.3, 0.4) is 0 Å². The summed E-state index contributed by atoms with van der Waals surface area (Å²) in [5, 5.41) is 1.02. The van der Waals surface area contributed by atoms with Gasteiger partial charge in [0.25, 0.3) is 0 Å². The third-order valence-corrected chi connectivity index (χ3v) is 5.34. The molecule has 1 atom stereocenters. The maximum atomic E-state index is 6.68. The van der Waals surface area contributed by atoms with Crippen molar-refractivity contribution in [2.75, 3.05) is 21.2 Å². The Morgan fingerprint density at radius 3 is 2.64 bits per heavy atom. The molecule has 6 nitrogen and oxygen atoms in total. The molecule has 2 heterocycles. The summed E-state index contributed by atoms with van der Waals surface area (Å²) in [5.41, 5.74) is 8.76. The van der Waals surface area contributed by atoms with E-state index in [1.165, 1.54) is 0 Å². The molecule has 1 aliphatic rings. The zero-order chi connectivity index (χ0) is 18.2. The first-order valence-electron chi connectivity index (χ1n) is 8.04. The van der Waals surface area contributed by atoms with Gasteiger partial charge >= 0.3 is 0 Å². The van der Waals surface area contributed by atoms with Gasteiger partial charge in [-0.1, -0.05) is 6.08 Å². The summed E-state index contributed by atoms with van der Waals surface area (Å²) in [7, 11) is 5.63. The highest BCUT2D eigenvalue weighted by atomic mass is 32.1. The molecule has 132 valence electrons. The number of nitrogens with two attached hydrogens (primary N) is 1. The van der Waals surface area contributed by atoms with Gasteiger partial charge in [-0.2, -0.15) is 0 Å². The van der Waals surface area contributed by atoms with Gasteiger partial charge in [-0.25, -0.2) is 15.0 Å². The van der Waals surface area contributed by atoms with Gasteiger partial charge in [0.1, 0.15) is 11.3 Å². The molecular formula is C18H23N5OS. The summed E-state index contributed by atoms with van der Waals surface area (Å²) in [4.78, 5) is 16.8. The number of allylic oxidation sites excluding steroid dienone is 1. The molecule has 0 saturated carbocycles. The summed E-state index contributed by atoms with van der Waals surface area (Å²) in [6.45, 7) is 4.00. The maximum Gasteiger partial charge on any atom is 0.153 e. The standard InChI is InChI=1S/C18H23N5OS/c1-11-16(25-12(2)21-11)13-7-9-20-17(22-13)18(19)8-6-15(24-5)14(10-18)23(3)4/h6-9H,10,19H2,1-5H3. The van der Waals surface area contributed by atoms with Crippen LogP contribution in [-0.4, -0.2) is 41.1 Å². The summed E-state index contributed by atoms with van der Waals surface area (Å²) in [6.07, 6.45) is 6.16. The van der Waals surface area contributed by atoms with E-state index < -0.39 is 5.54 Å². The van der Waals surface area contributed by atoms with Crippen molar-refractivity contribution in [1.29, 1.82) is 0 Å². The third-order valence-electron chi connectivity index (χ3n) is 4.24. The minimum atomic E-state index is -0.773. The van der Waals surface area contributed by atoms with Crippen molar-refractivity contribution < 1.29 is 4.74 Å². The van der Waals surface area contributed by atoms with Crippen molar-refractivity contribution in [1.82, 2.24) is 19.9 Å². The van der Waals surface area contributed by atoms with E-state index in [0.717, 1.165) is 32.7 Å². The first-order valence-corrected chi connectivity index (χ1v) is 8.86. The fraction of sp³-hybridized carbons (Fsp3) is 0.389. The summed E-state index contributed by atoms with van der Waals surface area (Å²) in [6, 6.07) is 1.91. The molecule has 1 unspecified atom stereocenters. The predicted molar refractivity (Wildman–Crippen MR) is 100.0 cm³/mol. The third kappa shape index (κ3) is 3.29. The largest absolute Gasteiger partial charge is 0.495 e. The molecule has 0 amide bonds. The van der Waals surface area contributed by atoms with Crippen LogP contribution in [0.25, 0.3) is 10.6 Å². The normalized spacial score (nSPS) is 20.1. The van der Waals surface area contributed by atoms with Crippen LogP contribution < -0.4 is 5.73 Å². The molecule has 0 bridgehead atoms. The average molecular weight is 357 g/mol. The highest BCUT2D eigenvalue weighted by Gasteiger charge is 2.34. The van der Waals surface area contributed by atoms with E-state index >= 15 is 0 Å². The van der Waals surface area contributed by atoms with Gasteiger partial charge in [-0.15, -0.1) is 11.3 Å². The lowest BCUT2D eigenvalue weighted by Gasteiger charge is -2.32. The van der Waals surface area contributed by atoms with Crippen LogP contribution in [0.1, 0.15) is 22.9 Å². The molecule has 25 heavy (non-hydrogen) atoms. The second kappa shape index (κ2) is 6.57. The van der Waals surface area contributed by atoms with Crippen LogP contribution in [0.5, 0.6) is 0 Å².